The number of amides is 1. The van der Waals surface area contributed by atoms with Crippen molar-refractivity contribution in [1.82, 2.24) is 5.32 Å². The third-order valence-electron chi connectivity index (χ3n) is 2.92. The first-order valence-electron chi connectivity index (χ1n) is 7.39. The SMILES string of the molecule is CNC(=O)COc1ccccc1OC[C@H](O)C[NH2+]C(C)(C)C. The van der Waals surface area contributed by atoms with Crippen LogP contribution in [0.1, 0.15) is 20.8 Å². The van der Waals surface area contributed by atoms with Gasteiger partial charge >= 0.3 is 0 Å². The molecule has 0 aromatic heterocycles. The number of carbonyl (C=O) groups is 1. The molecule has 1 aromatic rings. The van der Waals surface area contributed by atoms with Crippen molar-refractivity contribution in [1.29, 1.82) is 0 Å². The highest BCUT2D eigenvalue weighted by Gasteiger charge is 2.17. The Morgan fingerprint density at radius 1 is 1.27 bits per heavy atom. The molecule has 0 spiro atoms. The second-order valence-corrected chi connectivity index (χ2v) is 6.18. The normalized spacial score (nSPS) is 12.6. The molecule has 1 amide bonds. The maximum atomic E-state index is 11.2. The Hall–Kier alpha value is -1.79. The molecule has 0 saturated heterocycles. The molecule has 0 bridgehead atoms. The second kappa shape index (κ2) is 8.60. The maximum absolute atomic E-state index is 11.2. The van der Waals surface area contributed by atoms with Crippen LogP contribution in [0.15, 0.2) is 24.3 Å². The Morgan fingerprint density at radius 2 is 1.86 bits per heavy atom. The zero-order valence-corrected chi connectivity index (χ0v) is 13.8. The average Bonchev–Trinajstić information content (AvgIpc) is 2.48. The number of ether oxygens (including phenoxy) is 2. The number of aliphatic hydroxyl groups is 1. The Morgan fingerprint density at radius 3 is 2.41 bits per heavy atom. The first-order chi connectivity index (χ1) is 10.3. The van der Waals surface area contributed by atoms with E-state index >= 15 is 0 Å². The minimum atomic E-state index is -0.578. The lowest BCUT2D eigenvalue weighted by Crippen LogP contribution is -2.96. The summed E-state index contributed by atoms with van der Waals surface area (Å²) in [6.07, 6.45) is -0.578. The lowest BCUT2D eigenvalue weighted by Gasteiger charge is -2.20. The minimum Gasteiger partial charge on any atom is -0.487 e. The van der Waals surface area contributed by atoms with E-state index in [9.17, 15) is 9.90 Å². The lowest BCUT2D eigenvalue weighted by atomic mass is 10.1. The van der Waals surface area contributed by atoms with E-state index in [1.165, 1.54) is 0 Å². The van der Waals surface area contributed by atoms with Crippen LogP contribution in [-0.4, -0.2) is 49.5 Å². The number of quaternary nitrogens is 1. The highest BCUT2D eigenvalue weighted by molar-refractivity contribution is 5.77. The van der Waals surface area contributed by atoms with Crippen molar-refractivity contribution in [3.05, 3.63) is 24.3 Å². The molecular weight excluding hydrogens is 284 g/mol. The van der Waals surface area contributed by atoms with Gasteiger partial charge in [-0.05, 0) is 32.9 Å². The Balaban J connectivity index is 2.49. The summed E-state index contributed by atoms with van der Waals surface area (Å²) in [7, 11) is 1.55. The van der Waals surface area contributed by atoms with Gasteiger partial charge in [-0.15, -0.1) is 0 Å². The minimum absolute atomic E-state index is 0.0650. The maximum Gasteiger partial charge on any atom is 0.257 e. The van der Waals surface area contributed by atoms with Gasteiger partial charge in [0.1, 0.15) is 19.3 Å². The number of aliphatic hydroxyl groups excluding tert-OH is 1. The zero-order valence-electron chi connectivity index (χ0n) is 13.8. The molecule has 6 nitrogen and oxygen atoms in total. The van der Waals surface area contributed by atoms with Crippen LogP contribution >= 0.6 is 0 Å². The quantitative estimate of drug-likeness (QED) is 0.627. The van der Waals surface area contributed by atoms with E-state index < -0.39 is 6.10 Å². The van der Waals surface area contributed by atoms with Gasteiger partial charge in [0.2, 0.25) is 0 Å². The van der Waals surface area contributed by atoms with Crippen LogP contribution in [0.2, 0.25) is 0 Å². The number of para-hydroxylation sites is 2. The number of nitrogens with two attached hydrogens (primary N) is 1. The third kappa shape index (κ3) is 7.28. The predicted octanol–water partition coefficient (Wildman–Crippen LogP) is -0.0870. The van der Waals surface area contributed by atoms with Crippen LogP contribution in [0.25, 0.3) is 0 Å². The number of carbonyl (C=O) groups excluding carboxylic acids is 1. The van der Waals surface area contributed by atoms with Crippen molar-refractivity contribution in [3.8, 4) is 11.5 Å². The molecule has 0 aliphatic heterocycles. The lowest BCUT2D eigenvalue weighted by molar-refractivity contribution is -0.722. The first kappa shape index (κ1) is 18.3. The summed E-state index contributed by atoms with van der Waals surface area (Å²) in [5.41, 5.74) is 0.0650. The molecule has 124 valence electrons. The molecule has 22 heavy (non-hydrogen) atoms. The van der Waals surface area contributed by atoms with Crippen LogP contribution in [0.4, 0.5) is 0 Å². The second-order valence-electron chi connectivity index (χ2n) is 6.18. The van der Waals surface area contributed by atoms with Crippen LogP contribution in [0.5, 0.6) is 11.5 Å². The largest absolute Gasteiger partial charge is 0.487 e. The van der Waals surface area contributed by atoms with Gasteiger partial charge in [0.15, 0.2) is 18.1 Å². The molecule has 0 radical (unpaired) electrons. The van der Waals surface area contributed by atoms with E-state index in [2.05, 4.69) is 31.4 Å². The van der Waals surface area contributed by atoms with E-state index in [4.69, 9.17) is 9.47 Å². The number of hydrogen-bond donors (Lipinski definition) is 3. The first-order valence-corrected chi connectivity index (χ1v) is 7.39. The summed E-state index contributed by atoms with van der Waals surface area (Å²) < 4.78 is 11.0. The van der Waals surface area contributed by atoms with Crippen molar-refractivity contribution in [3.63, 3.8) is 0 Å². The topological polar surface area (TPSA) is 84.4 Å². The summed E-state index contributed by atoms with van der Waals surface area (Å²) >= 11 is 0. The van der Waals surface area contributed by atoms with E-state index in [-0.39, 0.29) is 24.7 Å². The Bertz CT molecular complexity index is 471. The molecule has 1 atom stereocenters. The van der Waals surface area contributed by atoms with Crippen LogP contribution in [-0.2, 0) is 4.79 Å². The molecular formula is C16H27N2O4+. The Labute approximate surface area is 131 Å². The molecule has 0 heterocycles. The van der Waals surface area contributed by atoms with Crippen molar-refractivity contribution >= 4 is 5.91 Å². The van der Waals surface area contributed by atoms with E-state index in [1.807, 2.05) is 6.07 Å². The number of hydrogen-bond acceptors (Lipinski definition) is 4. The van der Waals surface area contributed by atoms with Gasteiger partial charge in [-0.25, -0.2) is 0 Å². The average molecular weight is 311 g/mol. The number of likely N-dealkylation sites (N-methyl/N-ethyl adjacent to an activating group) is 1. The van der Waals surface area contributed by atoms with Gasteiger partial charge in [0.25, 0.3) is 5.91 Å². The molecule has 6 heteroatoms. The van der Waals surface area contributed by atoms with Gasteiger partial charge in [0, 0.05) is 7.05 Å². The van der Waals surface area contributed by atoms with Gasteiger partial charge in [-0.3, -0.25) is 4.79 Å². The molecule has 1 aromatic carbocycles. The standard InChI is InChI=1S/C16H26N2O4/c1-16(2,3)18-9-12(19)10-21-13-7-5-6-8-14(13)22-11-15(20)17-4/h5-8,12,18-19H,9-11H2,1-4H3,(H,17,20)/p+1/t12-/m1/s1. The fourth-order valence-electron chi connectivity index (χ4n) is 1.65. The highest BCUT2D eigenvalue weighted by Crippen LogP contribution is 2.26. The molecule has 0 aliphatic rings. The van der Waals surface area contributed by atoms with Gasteiger partial charge < -0.3 is 25.2 Å². The molecule has 1 rings (SSSR count). The number of rotatable bonds is 8. The molecule has 0 saturated carbocycles. The van der Waals surface area contributed by atoms with Crippen molar-refractivity contribution < 1.29 is 24.7 Å². The van der Waals surface area contributed by atoms with Gasteiger partial charge in [-0.2, -0.15) is 0 Å². The van der Waals surface area contributed by atoms with Crippen molar-refractivity contribution in [2.24, 2.45) is 0 Å². The molecule has 0 aliphatic carbocycles. The number of nitrogens with one attached hydrogen (secondary N) is 1. The third-order valence-corrected chi connectivity index (χ3v) is 2.92. The van der Waals surface area contributed by atoms with E-state index in [0.29, 0.717) is 18.0 Å². The summed E-state index contributed by atoms with van der Waals surface area (Å²) in [5.74, 6) is 0.786. The van der Waals surface area contributed by atoms with E-state index in [1.54, 1.807) is 25.2 Å². The summed E-state index contributed by atoms with van der Waals surface area (Å²) in [5, 5.41) is 14.5. The van der Waals surface area contributed by atoms with E-state index in [0.717, 1.165) is 0 Å². The van der Waals surface area contributed by atoms with Crippen LogP contribution in [0.3, 0.4) is 0 Å². The monoisotopic (exact) mass is 311 g/mol. The van der Waals surface area contributed by atoms with Crippen LogP contribution < -0.4 is 20.1 Å². The highest BCUT2D eigenvalue weighted by atomic mass is 16.5. The Kier molecular flexibility index (Phi) is 7.14. The van der Waals surface area contributed by atoms with Crippen molar-refractivity contribution in [2.45, 2.75) is 32.4 Å². The fourth-order valence-corrected chi connectivity index (χ4v) is 1.65. The molecule has 4 N–H and O–H groups in total. The van der Waals surface area contributed by atoms with Crippen LogP contribution in [0, 0.1) is 0 Å². The zero-order chi connectivity index (χ0) is 16.6. The smallest absolute Gasteiger partial charge is 0.257 e. The van der Waals surface area contributed by atoms with Gasteiger partial charge in [-0.1, -0.05) is 12.1 Å². The summed E-state index contributed by atoms with van der Waals surface area (Å²) in [6.45, 7) is 6.92. The van der Waals surface area contributed by atoms with Gasteiger partial charge in [0.05, 0.1) is 5.54 Å². The molecule has 0 fully saturated rings. The fraction of sp³-hybridized carbons (Fsp3) is 0.562. The molecule has 0 unspecified atom stereocenters. The predicted molar refractivity (Wildman–Crippen MR) is 84.1 cm³/mol. The van der Waals surface area contributed by atoms with Crippen molar-refractivity contribution in [2.75, 3.05) is 26.8 Å². The number of benzene rings is 1. The summed E-state index contributed by atoms with van der Waals surface area (Å²) in [6, 6.07) is 7.09. The summed E-state index contributed by atoms with van der Waals surface area (Å²) in [4.78, 5) is 11.2.